The van der Waals surface area contributed by atoms with E-state index in [1.54, 1.807) is 54.1 Å². The van der Waals surface area contributed by atoms with Crippen LogP contribution < -0.4 is 0 Å². The number of carbonyl (C=O) groups is 1. The summed E-state index contributed by atoms with van der Waals surface area (Å²) in [4.78, 5) is 19.5. The molecule has 25 heavy (non-hydrogen) atoms. The lowest BCUT2D eigenvalue weighted by molar-refractivity contribution is -0.121. The number of aliphatic imine (C=N–C) groups is 1. The number of amides is 1. The first-order chi connectivity index (χ1) is 12.1. The van der Waals surface area contributed by atoms with Crippen molar-refractivity contribution in [3.63, 3.8) is 0 Å². The molecule has 4 nitrogen and oxygen atoms in total. The molecule has 0 saturated carbocycles. The van der Waals surface area contributed by atoms with Gasteiger partial charge in [-0.2, -0.15) is 0 Å². The van der Waals surface area contributed by atoms with E-state index in [-0.39, 0.29) is 11.7 Å². The first-order valence-electron chi connectivity index (χ1n) is 7.77. The second kappa shape index (κ2) is 7.40. The molecular weight excluding hydrogens is 332 g/mol. The third kappa shape index (κ3) is 3.83. The van der Waals surface area contributed by atoms with E-state index in [0.29, 0.717) is 11.5 Å². The van der Waals surface area contributed by atoms with Crippen LogP contribution in [0.1, 0.15) is 11.1 Å². The Bertz CT molecular complexity index is 868. The van der Waals surface area contributed by atoms with Gasteiger partial charge in [0.15, 0.2) is 0 Å². The third-order valence-corrected chi connectivity index (χ3v) is 4.63. The van der Waals surface area contributed by atoms with Gasteiger partial charge in [-0.05, 0) is 41.7 Å². The number of rotatable bonds is 4. The van der Waals surface area contributed by atoms with E-state index in [4.69, 9.17) is 0 Å². The Balaban J connectivity index is 1.94. The van der Waals surface area contributed by atoms with Gasteiger partial charge in [0, 0.05) is 12.0 Å². The van der Waals surface area contributed by atoms with Gasteiger partial charge < -0.3 is 5.11 Å². The number of phenolic OH excluding ortho intramolecular Hbond substituents is 1. The van der Waals surface area contributed by atoms with Crippen LogP contribution in [0.2, 0.25) is 0 Å². The molecule has 0 radical (unpaired) electrons. The summed E-state index contributed by atoms with van der Waals surface area (Å²) < 4.78 is 0. The fourth-order valence-electron chi connectivity index (χ4n) is 2.45. The maximum atomic E-state index is 12.5. The Hall–Kier alpha value is -2.79. The largest absolute Gasteiger partial charge is 0.508 e. The molecule has 0 aromatic heterocycles. The second-order valence-electron chi connectivity index (χ2n) is 5.53. The molecule has 0 atom stereocenters. The monoisotopic (exact) mass is 350 g/mol. The summed E-state index contributed by atoms with van der Waals surface area (Å²) in [6.45, 7) is 0. The van der Waals surface area contributed by atoms with Crippen LogP contribution in [0, 0.1) is 0 Å². The van der Waals surface area contributed by atoms with E-state index >= 15 is 0 Å². The minimum atomic E-state index is -0.146. The zero-order chi connectivity index (χ0) is 17.8. The number of amidine groups is 1. The summed E-state index contributed by atoms with van der Waals surface area (Å²) in [5.41, 5.74) is 2.29. The number of carbonyl (C=O) groups excluding carboxylic acids is 1. The highest BCUT2D eigenvalue weighted by molar-refractivity contribution is 8.07. The number of phenols is 1. The van der Waals surface area contributed by atoms with Gasteiger partial charge in [-0.1, -0.05) is 42.5 Å². The Morgan fingerprint density at radius 2 is 1.80 bits per heavy atom. The fourth-order valence-corrected chi connectivity index (χ4v) is 3.05. The topological polar surface area (TPSA) is 52.9 Å². The quantitative estimate of drug-likeness (QED) is 0.848. The van der Waals surface area contributed by atoms with Crippen LogP contribution in [-0.4, -0.2) is 35.1 Å². The van der Waals surface area contributed by atoms with Crippen molar-refractivity contribution in [1.29, 1.82) is 0 Å². The summed E-state index contributed by atoms with van der Waals surface area (Å²) in [6, 6.07) is 16.7. The van der Waals surface area contributed by atoms with E-state index in [1.165, 1.54) is 0 Å². The predicted molar refractivity (Wildman–Crippen MR) is 104 cm³/mol. The number of likely N-dealkylation sites (N-methyl/N-ethyl adjacent to an activating group) is 1. The standard InChI is InChI=1S/C20H18N2O2S/c1-22-19(13-18(25-2)15-6-4-3-5-7-15)21-17(20(22)24)12-14-8-10-16(23)11-9-14/h3-13,23H,1-2H3/b17-12-,18-13-. The van der Waals surface area contributed by atoms with Gasteiger partial charge >= 0.3 is 0 Å². The SMILES string of the molecule is CS/C(=C\C1=NC(=C\c2ccc(O)cc2)/C(=O)N1C)c1ccccc1. The normalized spacial score (nSPS) is 16.5. The lowest BCUT2D eigenvalue weighted by atomic mass is 10.2. The van der Waals surface area contributed by atoms with Crippen LogP contribution in [0.4, 0.5) is 0 Å². The molecule has 1 aliphatic rings. The lowest BCUT2D eigenvalue weighted by Gasteiger charge is -2.10. The fraction of sp³-hybridized carbons (Fsp3) is 0.100. The number of benzene rings is 2. The minimum absolute atomic E-state index is 0.146. The van der Waals surface area contributed by atoms with E-state index in [0.717, 1.165) is 16.0 Å². The van der Waals surface area contributed by atoms with Gasteiger partial charge in [0.1, 0.15) is 17.3 Å². The van der Waals surface area contributed by atoms with Gasteiger partial charge in [0.2, 0.25) is 0 Å². The Labute approximate surface area is 151 Å². The van der Waals surface area contributed by atoms with Crippen molar-refractivity contribution in [3.8, 4) is 5.75 Å². The molecule has 0 fully saturated rings. The molecule has 1 heterocycles. The Morgan fingerprint density at radius 1 is 1.12 bits per heavy atom. The van der Waals surface area contributed by atoms with Gasteiger partial charge in [0.25, 0.3) is 5.91 Å². The van der Waals surface area contributed by atoms with E-state index in [1.807, 2.05) is 42.7 Å². The van der Waals surface area contributed by atoms with Crippen LogP contribution in [0.25, 0.3) is 11.0 Å². The molecule has 1 amide bonds. The molecule has 126 valence electrons. The molecule has 0 aliphatic carbocycles. The molecule has 5 heteroatoms. The molecule has 2 aromatic carbocycles. The van der Waals surface area contributed by atoms with Crippen molar-refractivity contribution >= 4 is 34.5 Å². The first-order valence-corrected chi connectivity index (χ1v) is 8.99. The summed E-state index contributed by atoms with van der Waals surface area (Å²) in [5.74, 6) is 0.660. The van der Waals surface area contributed by atoms with Crippen molar-refractivity contribution in [1.82, 2.24) is 4.90 Å². The molecule has 0 bridgehead atoms. The number of aromatic hydroxyl groups is 1. The highest BCUT2D eigenvalue weighted by Gasteiger charge is 2.25. The average molecular weight is 350 g/mol. The highest BCUT2D eigenvalue weighted by atomic mass is 32.2. The maximum Gasteiger partial charge on any atom is 0.277 e. The van der Waals surface area contributed by atoms with Crippen LogP contribution in [0.5, 0.6) is 5.75 Å². The van der Waals surface area contributed by atoms with Crippen LogP contribution in [0.15, 0.2) is 71.4 Å². The van der Waals surface area contributed by atoms with Crippen LogP contribution in [0.3, 0.4) is 0 Å². The highest BCUT2D eigenvalue weighted by Crippen LogP contribution is 2.27. The summed E-state index contributed by atoms with van der Waals surface area (Å²) >= 11 is 1.62. The van der Waals surface area contributed by atoms with E-state index < -0.39 is 0 Å². The number of hydrogen-bond donors (Lipinski definition) is 1. The van der Waals surface area contributed by atoms with Gasteiger partial charge in [-0.3, -0.25) is 9.69 Å². The molecule has 0 saturated heterocycles. The summed E-state index contributed by atoms with van der Waals surface area (Å²) in [5, 5.41) is 9.35. The van der Waals surface area contributed by atoms with E-state index in [9.17, 15) is 9.90 Å². The zero-order valence-corrected chi connectivity index (χ0v) is 14.8. The van der Waals surface area contributed by atoms with Crippen molar-refractivity contribution in [2.75, 3.05) is 13.3 Å². The minimum Gasteiger partial charge on any atom is -0.508 e. The van der Waals surface area contributed by atoms with Crippen molar-refractivity contribution in [3.05, 3.63) is 77.5 Å². The third-order valence-electron chi connectivity index (χ3n) is 3.84. The molecule has 3 rings (SSSR count). The molecule has 0 spiro atoms. The first kappa shape index (κ1) is 17.0. The van der Waals surface area contributed by atoms with Gasteiger partial charge in [-0.25, -0.2) is 4.99 Å². The van der Waals surface area contributed by atoms with Crippen molar-refractivity contribution in [2.45, 2.75) is 0 Å². The van der Waals surface area contributed by atoms with E-state index in [2.05, 4.69) is 4.99 Å². The Kier molecular flexibility index (Phi) is 5.05. The van der Waals surface area contributed by atoms with Crippen LogP contribution in [-0.2, 0) is 4.79 Å². The number of nitrogens with zero attached hydrogens (tertiary/aromatic N) is 2. The summed E-state index contributed by atoms with van der Waals surface area (Å²) in [6.07, 6.45) is 5.65. The molecule has 1 aliphatic heterocycles. The maximum absolute atomic E-state index is 12.5. The van der Waals surface area contributed by atoms with Crippen molar-refractivity contribution < 1.29 is 9.90 Å². The number of thioether (sulfide) groups is 1. The molecule has 0 unspecified atom stereocenters. The zero-order valence-electron chi connectivity index (χ0n) is 14.0. The van der Waals surface area contributed by atoms with Gasteiger partial charge in [0.05, 0.1) is 0 Å². The molecular formula is C20H18N2O2S. The van der Waals surface area contributed by atoms with Gasteiger partial charge in [-0.15, -0.1) is 11.8 Å². The lowest BCUT2D eigenvalue weighted by Crippen LogP contribution is -2.26. The number of hydrogen-bond acceptors (Lipinski definition) is 4. The predicted octanol–water partition coefficient (Wildman–Crippen LogP) is 4.01. The summed E-state index contributed by atoms with van der Waals surface area (Å²) in [7, 11) is 1.72. The average Bonchev–Trinajstić information content (AvgIpc) is 2.90. The smallest absolute Gasteiger partial charge is 0.277 e. The Morgan fingerprint density at radius 3 is 2.44 bits per heavy atom. The molecule has 1 N–H and O–H groups in total. The van der Waals surface area contributed by atoms with Crippen LogP contribution >= 0.6 is 11.8 Å². The molecule has 2 aromatic rings. The second-order valence-corrected chi connectivity index (χ2v) is 6.38. The van der Waals surface area contributed by atoms with Crippen molar-refractivity contribution in [2.24, 2.45) is 4.99 Å².